The summed E-state index contributed by atoms with van der Waals surface area (Å²) in [7, 11) is 0. The fourth-order valence-electron chi connectivity index (χ4n) is 3.77. The van der Waals surface area contributed by atoms with E-state index < -0.39 is 0 Å². The molecule has 2 aliphatic carbocycles. The zero-order valence-corrected chi connectivity index (χ0v) is 13.6. The summed E-state index contributed by atoms with van der Waals surface area (Å²) in [6.45, 7) is 2.39. The van der Waals surface area contributed by atoms with Crippen molar-refractivity contribution < 1.29 is 9.53 Å². The second-order valence-corrected chi connectivity index (χ2v) is 6.77. The molecule has 3 rings (SSSR count). The molecule has 2 aliphatic rings. The number of carbonyl (C=O) groups is 1. The number of nitrogens with one attached hydrogen (secondary N) is 1. The minimum Gasteiger partial charge on any atom is -0.484 e. The van der Waals surface area contributed by atoms with Gasteiger partial charge in [-0.15, -0.1) is 0 Å². The van der Waals surface area contributed by atoms with E-state index >= 15 is 0 Å². The average molecular weight is 301 g/mol. The van der Waals surface area contributed by atoms with Crippen molar-refractivity contribution in [3.63, 3.8) is 0 Å². The summed E-state index contributed by atoms with van der Waals surface area (Å²) >= 11 is 0. The van der Waals surface area contributed by atoms with Gasteiger partial charge in [-0.25, -0.2) is 0 Å². The Morgan fingerprint density at radius 2 is 1.95 bits per heavy atom. The molecule has 22 heavy (non-hydrogen) atoms. The van der Waals surface area contributed by atoms with Crippen molar-refractivity contribution in [2.24, 2.45) is 5.92 Å². The lowest BCUT2D eigenvalue weighted by atomic mass is 9.84. The van der Waals surface area contributed by atoms with Crippen LogP contribution in [0.5, 0.6) is 5.75 Å². The van der Waals surface area contributed by atoms with Crippen LogP contribution in [0.2, 0.25) is 0 Å². The van der Waals surface area contributed by atoms with Gasteiger partial charge in [0.15, 0.2) is 6.61 Å². The van der Waals surface area contributed by atoms with Crippen LogP contribution in [0, 0.1) is 5.92 Å². The van der Waals surface area contributed by atoms with Gasteiger partial charge in [-0.1, -0.05) is 19.4 Å². The molecule has 1 fully saturated rings. The maximum Gasteiger partial charge on any atom is 0.258 e. The van der Waals surface area contributed by atoms with Crippen LogP contribution in [0.25, 0.3) is 0 Å². The molecule has 0 spiro atoms. The third-order valence-electron chi connectivity index (χ3n) is 5.23. The fraction of sp³-hybridized carbons (Fsp3) is 0.632. The Hall–Kier alpha value is -1.51. The predicted molar refractivity (Wildman–Crippen MR) is 88.1 cm³/mol. The summed E-state index contributed by atoms with van der Waals surface area (Å²) in [4.78, 5) is 12.0. The van der Waals surface area contributed by atoms with Crippen LogP contribution in [-0.4, -0.2) is 18.6 Å². The lowest BCUT2D eigenvalue weighted by Gasteiger charge is -2.28. The van der Waals surface area contributed by atoms with E-state index in [4.69, 9.17) is 4.74 Å². The lowest BCUT2D eigenvalue weighted by molar-refractivity contribution is -0.124. The van der Waals surface area contributed by atoms with Crippen molar-refractivity contribution in [3.8, 4) is 5.75 Å². The van der Waals surface area contributed by atoms with Crippen molar-refractivity contribution in [3.05, 3.63) is 29.3 Å². The van der Waals surface area contributed by atoms with Gasteiger partial charge in [-0.3, -0.25) is 4.79 Å². The second-order valence-electron chi connectivity index (χ2n) is 6.77. The molecule has 0 unspecified atom stereocenters. The molecule has 0 bridgehead atoms. The Morgan fingerprint density at radius 1 is 1.18 bits per heavy atom. The highest BCUT2D eigenvalue weighted by Crippen LogP contribution is 2.27. The summed E-state index contributed by atoms with van der Waals surface area (Å²) in [6.07, 6.45) is 9.53. The van der Waals surface area contributed by atoms with Crippen molar-refractivity contribution in [2.75, 3.05) is 6.61 Å². The van der Waals surface area contributed by atoms with Crippen LogP contribution in [0.15, 0.2) is 18.2 Å². The summed E-state index contributed by atoms with van der Waals surface area (Å²) < 4.78 is 5.66. The first-order valence-electron chi connectivity index (χ1n) is 8.78. The van der Waals surface area contributed by atoms with Gasteiger partial charge in [-0.2, -0.15) is 0 Å². The van der Waals surface area contributed by atoms with E-state index in [-0.39, 0.29) is 12.5 Å². The topological polar surface area (TPSA) is 38.3 Å². The number of aryl methyl sites for hydroxylation is 2. The summed E-state index contributed by atoms with van der Waals surface area (Å²) in [6, 6.07) is 6.58. The molecule has 1 N–H and O–H groups in total. The van der Waals surface area contributed by atoms with E-state index in [2.05, 4.69) is 24.4 Å². The van der Waals surface area contributed by atoms with Crippen LogP contribution in [0.3, 0.4) is 0 Å². The van der Waals surface area contributed by atoms with Crippen LogP contribution in [0.1, 0.15) is 56.6 Å². The van der Waals surface area contributed by atoms with Gasteiger partial charge in [-0.05, 0) is 74.1 Å². The quantitative estimate of drug-likeness (QED) is 0.901. The van der Waals surface area contributed by atoms with E-state index in [9.17, 15) is 4.79 Å². The van der Waals surface area contributed by atoms with Crippen molar-refractivity contribution in [1.82, 2.24) is 5.32 Å². The zero-order chi connectivity index (χ0) is 15.4. The fourth-order valence-corrected chi connectivity index (χ4v) is 3.77. The number of hydrogen-bond donors (Lipinski definition) is 1. The normalized spacial score (nSPS) is 23.9. The van der Waals surface area contributed by atoms with Crippen LogP contribution in [-0.2, 0) is 17.6 Å². The first kappa shape index (κ1) is 15.4. The highest BCUT2D eigenvalue weighted by molar-refractivity contribution is 5.77. The Balaban J connectivity index is 1.43. The van der Waals surface area contributed by atoms with E-state index in [0.717, 1.165) is 30.9 Å². The monoisotopic (exact) mass is 301 g/mol. The van der Waals surface area contributed by atoms with Crippen LogP contribution >= 0.6 is 0 Å². The molecule has 0 heterocycles. The molecule has 0 saturated heterocycles. The second kappa shape index (κ2) is 7.17. The van der Waals surface area contributed by atoms with Crippen molar-refractivity contribution in [2.45, 2.75) is 64.3 Å². The molecule has 1 amide bonds. The van der Waals surface area contributed by atoms with E-state index in [1.54, 1.807) is 0 Å². The molecule has 3 nitrogen and oxygen atoms in total. The molecule has 0 aromatic heterocycles. The SMILES string of the molecule is CCC1CCC(NC(=O)COc2ccc3c(c2)CCC3)CC1. The van der Waals surface area contributed by atoms with E-state index in [0.29, 0.717) is 6.04 Å². The van der Waals surface area contributed by atoms with Crippen molar-refractivity contribution >= 4 is 5.91 Å². The van der Waals surface area contributed by atoms with Gasteiger partial charge in [0, 0.05) is 6.04 Å². The van der Waals surface area contributed by atoms with Crippen LogP contribution < -0.4 is 10.1 Å². The van der Waals surface area contributed by atoms with E-state index in [1.807, 2.05) is 6.07 Å². The van der Waals surface area contributed by atoms with Gasteiger partial charge >= 0.3 is 0 Å². The van der Waals surface area contributed by atoms with Gasteiger partial charge in [0.25, 0.3) is 5.91 Å². The molecule has 1 saturated carbocycles. The Bertz CT molecular complexity index is 518. The zero-order valence-electron chi connectivity index (χ0n) is 13.6. The molecule has 0 aliphatic heterocycles. The highest BCUT2D eigenvalue weighted by Gasteiger charge is 2.21. The maximum atomic E-state index is 12.0. The first-order chi connectivity index (χ1) is 10.7. The minimum atomic E-state index is 0.0143. The molecule has 1 aromatic rings. The number of fused-ring (bicyclic) bond motifs is 1. The van der Waals surface area contributed by atoms with Crippen molar-refractivity contribution in [1.29, 1.82) is 0 Å². The Kier molecular flexibility index (Phi) is 5.01. The van der Waals surface area contributed by atoms with Crippen LogP contribution in [0.4, 0.5) is 0 Å². The number of amides is 1. The summed E-state index contributed by atoms with van der Waals surface area (Å²) in [5, 5.41) is 3.12. The number of benzene rings is 1. The van der Waals surface area contributed by atoms with Gasteiger partial charge in [0.05, 0.1) is 0 Å². The molecule has 0 radical (unpaired) electrons. The lowest BCUT2D eigenvalue weighted by Crippen LogP contribution is -2.40. The number of hydrogen-bond acceptors (Lipinski definition) is 2. The molecular formula is C19H27NO2. The summed E-state index contributed by atoms with van der Waals surface area (Å²) in [5.41, 5.74) is 2.82. The highest BCUT2D eigenvalue weighted by atomic mass is 16.5. The average Bonchev–Trinajstić information content (AvgIpc) is 3.01. The molecule has 0 atom stereocenters. The Labute approximate surface area is 133 Å². The predicted octanol–water partition coefficient (Wildman–Crippen LogP) is 3.64. The molecule has 1 aromatic carbocycles. The Morgan fingerprint density at radius 3 is 2.73 bits per heavy atom. The molecule has 120 valence electrons. The standard InChI is InChI=1S/C19H27NO2/c1-2-14-6-9-17(10-7-14)20-19(21)13-22-18-11-8-15-4-3-5-16(15)12-18/h8,11-12,14,17H,2-7,9-10,13H2,1H3,(H,20,21). The third kappa shape index (κ3) is 3.82. The molecule has 3 heteroatoms. The molecular weight excluding hydrogens is 274 g/mol. The van der Waals surface area contributed by atoms with E-state index in [1.165, 1.54) is 43.2 Å². The minimum absolute atomic E-state index is 0.0143. The number of carbonyl (C=O) groups excluding carboxylic acids is 1. The number of rotatable bonds is 5. The van der Waals surface area contributed by atoms with Gasteiger partial charge < -0.3 is 10.1 Å². The smallest absolute Gasteiger partial charge is 0.258 e. The maximum absolute atomic E-state index is 12.0. The number of ether oxygens (including phenoxy) is 1. The van der Waals surface area contributed by atoms with Gasteiger partial charge in [0.2, 0.25) is 0 Å². The summed E-state index contributed by atoms with van der Waals surface area (Å²) in [5.74, 6) is 1.70. The third-order valence-corrected chi connectivity index (χ3v) is 5.23. The first-order valence-corrected chi connectivity index (χ1v) is 8.78. The van der Waals surface area contributed by atoms with Gasteiger partial charge in [0.1, 0.15) is 5.75 Å². The largest absolute Gasteiger partial charge is 0.484 e.